The van der Waals surface area contributed by atoms with Crippen LogP contribution in [-0.4, -0.2) is 87.2 Å². The van der Waals surface area contributed by atoms with Gasteiger partial charge in [0.25, 0.3) is 11.8 Å². The molecule has 0 radical (unpaired) electrons. The van der Waals surface area contributed by atoms with E-state index in [1.165, 1.54) is 11.8 Å². The number of anilines is 4. The van der Waals surface area contributed by atoms with Crippen molar-refractivity contribution in [3.05, 3.63) is 106 Å². The van der Waals surface area contributed by atoms with Crippen LogP contribution < -0.4 is 32.3 Å². The number of urea groups is 1. The quantitative estimate of drug-likeness (QED) is 0.0617. The average Bonchev–Trinajstić information content (AvgIpc) is 3.61. The number of amides is 6. The molecule has 3 aromatic carbocycles. The monoisotopic (exact) mass is 856 g/mol. The summed E-state index contributed by atoms with van der Waals surface area (Å²) in [5, 5.41) is 15.9. The van der Waals surface area contributed by atoms with Gasteiger partial charge in [-0.3, -0.25) is 24.5 Å². The second-order valence-corrected chi connectivity index (χ2v) is 16.6. The Morgan fingerprint density at radius 3 is 2.40 bits per heavy atom. The number of imide groups is 1. The van der Waals surface area contributed by atoms with E-state index in [2.05, 4.69) is 60.5 Å². The van der Waals surface area contributed by atoms with Crippen LogP contribution in [0.1, 0.15) is 101 Å². The number of carbonyl (C=O) groups excluding carboxylic acids is 5. The minimum Gasteiger partial charge on any atom is -0.366 e. The largest absolute Gasteiger partial charge is 0.366 e. The van der Waals surface area contributed by atoms with Gasteiger partial charge in [0, 0.05) is 67.9 Å². The lowest BCUT2D eigenvalue weighted by atomic mass is 9.89. The van der Waals surface area contributed by atoms with Gasteiger partial charge in [0.2, 0.25) is 17.8 Å². The zero-order valence-electron chi connectivity index (χ0n) is 34.2. The number of fused-ring (bicyclic) bond motifs is 1. The second-order valence-electron chi connectivity index (χ2n) is 16.2. The van der Waals surface area contributed by atoms with Crippen molar-refractivity contribution in [1.82, 2.24) is 35.7 Å². The van der Waals surface area contributed by atoms with Crippen molar-refractivity contribution in [2.75, 3.05) is 30.3 Å². The second kappa shape index (κ2) is 19.0. The highest BCUT2D eigenvalue weighted by Crippen LogP contribution is 2.32. The molecule has 0 spiro atoms. The number of aromatic nitrogens is 2. The van der Waals surface area contributed by atoms with Crippen LogP contribution in [0.15, 0.2) is 72.9 Å². The fraction of sp³-hybridized carbons (Fsp3) is 0.370. The first-order valence-corrected chi connectivity index (χ1v) is 21.6. The number of piperidine rings is 2. The minimum atomic E-state index is -0.650. The molecule has 8 rings (SSSR count). The van der Waals surface area contributed by atoms with Crippen molar-refractivity contribution in [2.24, 2.45) is 5.73 Å². The lowest BCUT2D eigenvalue weighted by Gasteiger charge is -2.35. The van der Waals surface area contributed by atoms with E-state index in [9.17, 15) is 24.0 Å². The number of nitrogens with two attached hydrogens (primary N) is 1. The standard InChI is InChI=1S/C46H49ClN10O5/c47-37-26-50-45(55-42(37)53-38-10-2-1-8-35(38)41(48)59)51-32-13-11-28(12-14-32)29-21-24-56(25-22-29)46(62)52-33-17-15-31(16-18-33)49-23-4-3-6-30-7-5-9-34-36(30)27-57(44(34)61)39-19-20-40(58)54-43(39)60/h1-2,5,7-14,26,29,31,33,39,49H,4,15-25,27H2,(H2,48,59)(H,52,62)(H,54,58,60)(H2,50,51,53,55). The molecule has 320 valence electrons. The molecule has 1 aromatic heterocycles. The van der Waals surface area contributed by atoms with Gasteiger partial charge in [-0.2, -0.15) is 4.98 Å². The summed E-state index contributed by atoms with van der Waals surface area (Å²) in [5.41, 5.74) is 10.5. The van der Waals surface area contributed by atoms with Gasteiger partial charge in [-0.25, -0.2) is 9.78 Å². The van der Waals surface area contributed by atoms with Crippen molar-refractivity contribution < 1.29 is 24.0 Å². The van der Waals surface area contributed by atoms with E-state index in [0.717, 1.165) is 61.9 Å². The van der Waals surface area contributed by atoms with Crippen LogP contribution in [0.4, 0.5) is 27.9 Å². The maximum Gasteiger partial charge on any atom is 0.317 e. The third-order valence-electron chi connectivity index (χ3n) is 12.2. The van der Waals surface area contributed by atoms with Crippen LogP contribution in [-0.2, 0) is 16.1 Å². The number of nitrogens with zero attached hydrogens (tertiary/aromatic N) is 4. The molecule has 6 amide bonds. The molecule has 1 atom stereocenters. The Morgan fingerprint density at radius 2 is 1.65 bits per heavy atom. The number of halogens is 1. The molecule has 3 fully saturated rings. The molecular weight excluding hydrogens is 808 g/mol. The van der Waals surface area contributed by atoms with Crippen LogP contribution in [0, 0.1) is 11.8 Å². The Bertz CT molecular complexity index is 2420. The van der Waals surface area contributed by atoms with E-state index >= 15 is 0 Å². The summed E-state index contributed by atoms with van der Waals surface area (Å²) >= 11 is 6.36. The first-order chi connectivity index (χ1) is 30.1. The fourth-order valence-corrected chi connectivity index (χ4v) is 8.88. The molecule has 4 aliphatic rings. The number of hydrogen-bond donors (Lipinski definition) is 6. The van der Waals surface area contributed by atoms with Crippen LogP contribution in [0.25, 0.3) is 0 Å². The molecule has 4 aromatic rings. The van der Waals surface area contributed by atoms with Gasteiger partial charge in [0.1, 0.15) is 11.1 Å². The zero-order valence-corrected chi connectivity index (χ0v) is 35.0. The van der Waals surface area contributed by atoms with Gasteiger partial charge in [0.05, 0.1) is 17.4 Å². The molecule has 1 aliphatic carbocycles. The summed E-state index contributed by atoms with van der Waals surface area (Å²) in [5.74, 6) is 6.02. The minimum absolute atomic E-state index is 0.0129. The van der Waals surface area contributed by atoms with E-state index in [1.54, 1.807) is 35.2 Å². The number of para-hydroxylation sites is 1. The van der Waals surface area contributed by atoms with Gasteiger partial charge in [-0.1, -0.05) is 53.8 Å². The van der Waals surface area contributed by atoms with Crippen LogP contribution in [0.2, 0.25) is 5.02 Å². The Kier molecular flexibility index (Phi) is 13.0. The highest BCUT2D eigenvalue weighted by Gasteiger charge is 2.39. The number of benzene rings is 3. The molecule has 2 saturated heterocycles. The van der Waals surface area contributed by atoms with Gasteiger partial charge in [0.15, 0.2) is 5.82 Å². The van der Waals surface area contributed by atoms with E-state index in [1.807, 2.05) is 29.2 Å². The van der Waals surface area contributed by atoms with E-state index < -0.39 is 17.9 Å². The van der Waals surface area contributed by atoms with Crippen molar-refractivity contribution in [3.63, 3.8) is 0 Å². The third-order valence-corrected chi connectivity index (χ3v) is 12.4. The Morgan fingerprint density at radius 1 is 0.887 bits per heavy atom. The molecule has 16 heteroatoms. The summed E-state index contributed by atoms with van der Waals surface area (Å²) in [6, 6.07) is 20.4. The van der Waals surface area contributed by atoms with E-state index in [-0.39, 0.29) is 30.3 Å². The number of primary amides is 1. The summed E-state index contributed by atoms with van der Waals surface area (Å²) in [6.07, 6.45) is 8.24. The Hall–Kier alpha value is -6.50. The normalized spacial score (nSPS) is 20.1. The summed E-state index contributed by atoms with van der Waals surface area (Å²) in [4.78, 5) is 74.6. The van der Waals surface area contributed by atoms with Crippen molar-refractivity contribution in [2.45, 2.75) is 88.4 Å². The summed E-state index contributed by atoms with van der Waals surface area (Å²) in [7, 11) is 0. The van der Waals surface area contributed by atoms with Crippen molar-refractivity contribution in [1.29, 1.82) is 0 Å². The van der Waals surface area contributed by atoms with Crippen molar-refractivity contribution in [3.8, 4) is 11.8 Å². The maximum atomic E-state index is 13.3. The average molecular weight is 857 g/mol. The van der Waals surface area contributed by atoms with Gasteiger partial charge in [-0.05, 0) is 98.4 Å². The van der Waals surface area contributed by atoms with Gasteiger partial charge < -0.3 is 36.8 Å². The molecule has 62 heavy (non-hydrogen) atoms. The molecule has 4 heterocycles. The number of carbonyl (C=O) groups is 5. The number of nitrogens with one attached hydrogen (secondary N) is 5. The fourth-order valence-electron chi connectivity index (χ4n) is 8.74. The Labute approximate surface area is 364 Å². The van der Waals surface area contributed by atoms with Crippen molar-refractivity contribution >= 4 is 64.4 Å². The summed E-state index contributed by atoms with van der Waals surface area (Å²) in [6.45, 7) is 2.44. The third kappa shape index (κ3) is 9.83. The number of hydrogen-bond acceptors (Lipinski definition) is 10. The topological polar surface area (TPSA) is 204 Å². The van der Waals surface area contributed by atoms with Crippen LogP contribution >= 0.6 is 11.6 Å². The Balaban J connectivity index is 0.736. The zero-order chi connectivity index (χ0) is 43.2. The van der Waals surface area contributed by atoms with Gasteiger partial charge >= 0.3 is 6.03 Å². The highest BCUT2D eigenvalue weighted by atomic mass is 35.5. The lowest BCUT2D eigenvalue weighted by Crippen LogP contribution is -2.52. The summed E-state index contributed by atoms with van der Waals surface area (Å²) < 4.78 is 0. The maximum absolute atomic E-state index is 13.3. The SMILES string of the molecule is NC(=O)c1ccccc1Nc1nc(Nc2ccc(C3CCN(C(=O)NC4CCC(NCCC#Cc5cccc6c5CN(C5CCC(=O)NC5=O)C6=O)CC4)CC3)cc2)ncc1Cl. The molecule has 1 unspecified atom stereocenters. The molecule has 3 aliphatic heterocycles. The number of likely N-dealkylation sites (tertiary alicyclic amines) is 1. The predicted octanol–water partition coefficient (Wildman–Crippen LogP) is 5.71. The molecule has 7 N–H and O–H groups in total. The molecule has 1 saturated carbocycles. The first kappa shape index (κ1) is 42.2. The van der Waals surface area contributed by atoms with Gasteiger partial charge in [-0.15, -0.1) is 0 Å². The predicted molar refractivity (Wildman–Crippen MR) is 235 cm³/mol. The first-order valence-electron chi connectivity index (χ1n) is 21.2. The van der Waals surface area contributed by atoms with E-state index in [0.29, 0.717) is 78.0 Å². The van der Waals surface area contributed by atoms with E-state index in [4.69, 9.17) is 17.3 Å². The smallest absolute Gasteiger partial charge is 0.317 e. The molecule has 15 nitrogen and oxygen atoms in total. The molecular formula is C46H49ClN10O5. The number of rotatable bonds is 11. The molecule has 0 bridgehead atoms. The lowest BCUT2D eigenvalue weighted by molar-refractivity contribution is -0.136. The van der Waals surface area contributed by atoms with Crippen LogP contribution in [0.5, 0.6) is 0 Å². The highest BCUT2D eigenvalue weighted by molar-refractivity contribution is 6.33. The van der Waals surface area contributed by atoms with Crippen LogP contribution in [0.3, 0.4) is 0 Å².